The van der Waals surface area contributed by atoms with E-state index < -0.39 is 0 Å². The normalized spacial score (nSPS) is 27.0. The average Bonchev–Trinajstić information content (AvgIpc) is 1.33. The third-order valence-corrected chi connectivity index (χ3v) is 0.938. The Morgan fingerprint density at radius 2 is 2.17 bits per heavy atom. The van der Waals surface area contributed by atoms with Gasteiger partial charge in [-0.2, -0.15) is 0 Å². The van der Waals surface area contributed by atoms with Crippen molar-refractivity contribution in [1.29, 1.82) is 0 Å². The van der Waals surface area contributed by atoms with Crippen LogP contribution in [0, 0.1) is 7.05 Å². The van der Waals surface area contributed by atoms with Crippen LogP contribution in [-0.2, 0) is 0 Å². The minimum atomic E-state index is -0.0949. The highest BCUT2D eigenvalue weighted by Crippen LogP contribution is 2.02. The first kappa shape index (κ1) is 4.09. The van der Waals surface area contributed by atoms with Crippen molar-refractivity contribution in [3.63, 3.8) is 0 Å². The molecule has 6 heavy (non-hydrogen) atoms. The summed E-state index contributed by atoms with van der Waals surface area (Å²) in [5.74, 6) is 0. The van der Waals surface area contributed by atoms with Gasteiger partial charge in [-0.1, -0.05) is 0 Å². The molecular formula is C4H8NO. The lowest BCUT2D eigenvalue weighted by Gasteiger charge is -2.31. The third-order valence-electron chi connectivity index (χ3n) is 0.938. The minimum absolute atomic E-state index is 0.0949. The highest BCUT2D eigenvalue weighted by atomic mass is 16.3. The summed E-state index contributed by atoms with van der Waals surface area (Å²) in [5.41, 5.74) is 0. The summed E-state index contributed by atoms with van der Waals surface area (Å²) in [6, 6.07) is 0. The Bertz CT molecular complexity index is 43.5. The third kappa shape index (κ3) is 0.533. The Hall–Kier alpha value is -0.0800. The first-order chi connectivity index (χ1) is 2.79. The van der Waals surface area contributed by atoms with Crippen LogP contribution in [0.25, 0.3) is 0 Å². The van der Waals surface area contributed by atoms with Crippen LogP contribution in [0.5, 0.6) is 0 Å². The molecule has 1 N–H and O–H groups in total. The molecule has 0 unspecified atom stereocenters. The fourth-order valence-electron chi connectivity index (χ4n) is 0.543. The van der Waals surface area contributed by atoms with E-state index in [0.29, 0.717) is 0 Å². The van der Waals surface area contributed by atoms with Crippen molar-refractivity contribution in [3.05, 3.63) is 7.05 Å². The zero-order chi connectivity index (χ0) is 4.57. The van der Waals surface area contributed by atoms with Crippen LogP contribution in [0.2, 0.25) is 0 Å². The van der Waals surface area contributed by atoms with Gasteiger partial charge in [-0.25, -0.2) is 0 Å². The van der Waals surface area contributed by atoms with Gasteiger partial charge in [0.15, 0.2) is 0 Å². The second-order valence-electron chi connectivity index (χ2n) is 1.69. The largest absolute Gasteiger partial charge is 0.390 e. The maximum absolute atomic E-state index is 8.54. The van der Waals surface area contributed by atoms with Gasteiger partial charge in [-0.3, -0.25) is 4.90 Å². The molecule has 0 spiro atoms. The summed E-state index contributed by atoms with van der Waals surface area (Å²) in [4.78, 5) is 1.82. The summed E-state index contributed by atoms with van der Waals surface area (Å²) < 4.78 is 0. The zero-order valence-electron chi connectivity index (χ0n) is 3.59. The van der Waals surface area contributed by atoms with Gasteiger partial charge in [0.2, 0.25) is 0 Å². The molecule has 2 nitrogen and oxygen atoms in total. The highest BCUT2D eigenvalue weighted by Gasteiger charge is 2.18. The van der Waals surface area contributed by atoms with Crippen molar-refractivity contribution in [2.75, 3.05) is 13.1 Å². The molecule has 1 aliphatic heterocycles. The Morgan fingerprint density at radius 3 is 2.17 bits per heavy atom. The van der Waals surface area contributed by atoms with Crippen LogP contribution < -0.4 is 0 Å². The number of nitrogens with zero attached hydrogens (tertiary/aromatic N) is 1. The number of rotatable bonds is 0. The van der Waals surface area contributed by atoms with E-state index in [1.807, 2.05) is 4.90 Å². The molecule has 0 aromatic rings. The van der Waals surface area contributed by atoms with Crippen molar-refractivity contribution in [3.8, 4) is 0 Å². The summed E-state index contributed by atoms with van der Waals surface area (Å²) in [6.07, 6.45) is -0.0949. The molecule has 0 aromatic heterocycles. The molecule has 1 radical (unpaired) electrons. The number of aliphatic hydroxyl groups is 1. The predicted molar refractivity (Wildman–Crippen MR) is 22.9 cm³/mol. The minimum Gasteiger partial charge on any atom is -0.390 e. The Balaban J connectivity index is 2.11. The SMILES string of the molecule is [CH2]N1CC(O)C1. The molecule has 0 amide bonds. The van der Waals surface area contributed by atoms with Gasteiger partial charge in [-0.05, 0) is 0 Å². The molecule has 0 atom stereocenters. The Labute approximate surface area is 37.4 Å². The maximum atomic E-state index is 8.54. The number of hydrogen-bond acceptors (Lipinski definition) is 2. The Morgan fingerprint density at radius 1 is 1.67 bits per heavy atom. The molecular weight excluding hydrogens is 78.0 g/mol. The van der Waals surface area contributed by atoms with Gasteiger partial charge in [-0.15, -0.1) is 0 Å². The summed E-state index contributed by atoms with van der Waals surface area (Å²) in [7, 11) is 3.57. The molecule has 1 saturated heterocycles. The molecule has 0 saturated carbocycles. The van der Waals surface area contributed by atoms with Crippen molar-refractivity contribution in [2.24, 2.45) is 0 Å². The van der Waals surface area contributed by atoms with Gasteiger partial charge < -0.3 is 5.11 Å². The first-order valence-corrected chi connectivity index (χ1v) is 2.02. The van der Waals surface area contributed by atoms with E-state index in [1.165, 1.54) is 0 Å². The van der Waals surface area contributed by atoms with Gasteiger partial charge >= 0.3 is 0 Å². The van der Waals surface area contributed by atoms with Crippen molar-refractivity contribution in [2.45, 2.75) is 6.10 Å². The molecule has 1 heterocycles. The predicted octanol–water partition coefficient (Wildman–Crippen LogP) is -0.546. The fraction of sp³-hybridized carbons (Fsp3) is 0.750. The van der Waals surface area contributed by atoms with E-state index in [-0.39, 0.29) is 6.10 Å². The quantitative estimate of drug-likeness (QED) is 0.427. The standard InChI is InChI=1S/C4H8NO/c1-5-2-4(6)3-5/h4,6H,1-3H2. The summed E-state index contributed by atoms with van der Waals surface area (Å²) in [6.45, 7) is 1.50. The highest BCUT2D eigenvalue weighted by molar-refractivity contribution is 4.76. The van der Waals surface area contributed by atoms with Gasteiger partial charge in [0.05, 0.1) is 6.10 Å². The molecule has 1 fully saturated rings. The van der Waals surface area contributed by atoms with Gasteiger partial charge in [0.1, 0.15) is 0 Å². The molecule has 2 heteroatoms. The van der Waals surface area contributed by atoms with Crippen molar-refractivity contribution >= 4 is 0 Å². The summed E-state index contributed by atoms with van der Waals surface area (Å²) >= 11 is 0. The van der Waals surface area contributed by atoms with E-state index in [2.05, 4.69) is 7.05 Å². The van der Waals surface area contributed by atoms with Crippen LogP contribution in [0.15, 0.2) is 0 Å². The number of hydrogen-bond donors (Lipinski definition) is 1. The number of β-amino-alcohol motifs (C(OH)–C–C–N with tert-alkyl or cyclic N) is 1. The number of likely N-dealkylation sites (tertiary alicyclic amines) is 1. The average molecular weight is 86.1 g/mol. The lowest BCUT2D eigenvalue weighted by molar-refractivity contribution is 0.0311. The van der Waals surface area contributed by atoms with Crippen LogP contribution in [0.1, 0.15) is 0 Å². The smallest absolute Gasteiger partial charge is 0.0793 e. The molecule has 35 valence electrons. The lowest BCUT2D eigenvalue weighted by atomic mass is 10.2. The topological polar surface area (TPSA) is 23.5 Å². The fourth-order valence-corrected chi connectivity index (χ4v) is 0.543. The van der Waals surface area contributed by atoms with Crippen molar-refractivity contribution < 1.29 is 5.11 Å². The van der Waals surface area contributed by atoms with E-state index in [1.54, 1.807) is 0 Å². The van der Waals surface area contributed by atoms with Crippen LogP contribution in [-0.4, -0.2) is 29.2 Å². The van der Waals surface area contributed by atoms with Crippen LogP contribution in [0.3, 0.4) is 0 Å². The molecule has 0 aliphatic carbocycles. The lowest BCUT2D eigenvalue weighted by Crippen LogP contribution is -2.46. The monoisotopic (exact) mass is 86.1 g/mol. The number of aliphatic hydroxyl groups excluding tert-OH is 1. The van der Waals surface area contributed by atoms with E-state index in [4.69, 9.17) is 5.11 Å². The van der Waals surface area contributed by atoms with E-state index in [9.17, 15) is 0 Å². The van der Waals surface area contributed by atoms with Crippen LogP contribution in [0.4, 0.5) is 0 Å². The van der Waals surface area contributed by atoms with Crippen molar-refractivity contribution in [1.82, 2.24) is 4.90 Å². The van der Waals surface area contributed by atoms with E-state index >= 15 is 0 Å². The van der Waals surface area contributed by atoms with Gasteiger partial charge in [0, 0.05) is 20.1 Å². The molecule has 0 aromatic carbocycles. The molecule has 1 aliphatic rings. The Kier molecular flexibility index (Phi) is 0.821. The molecule has 0 bridgehead atoms. The summed E-state index contributed by atoms with van der Waals surface area (Å²) in [5, 5.41) is 8.54. The van der Waals surface area contributed by atoms with E-state index in [0.717, 1.165) is 13.1 Å². The zero-order valence-corrected chi connectivity index (χ0v) is 3.59. The van der Waals surface area contributed by atoms with Crippen LogP contribution >= 0.6 is 0 Å². The maximum Gasteiger partial charge on any atom is 0.0793 e. The first-order valence-electron chi connectivity index (χ1n) is 2.02. The molecule has 1 rings (SSSR count). The second-order valence-corrected chi connectivity index (χ2v) is 1.69. The second kappa shape index (κ2) is 1.21. The van der Waals surface area contributed by atoms with Gasteiger partial charge in [0.25, 0.3) is 0 Å².